The molecule has 27 heavy (non-hydrogen) atoms. The molecular weight excluding hydrogens is 412 g/mol. The summed E-state index contributed by atoms with van der Waals surface area (Å²) in [5.74, 6) is 1.02. The van der Waals surface area contributed by atoms with E-state index in [0.29, 0.717) is 16.6 Å². The Hall–Kier alpha value is -2.05. The van der Waals surface area contributed by atoms with Gasteiger partial charge in [-0.05, 0) is 17.9 Å². The summed E-state index contributed by atoms with van der Waals surface area (Å²) in [6, 6.07) is 4.70. The van der Waals surface area contributed by atoms with Crippen LogP contribution in [0, 0.1) is 0 Å². The number of nitrogens with zero attached hydrogens (tertiary/aromatic N) is 3. The minimum Gasteiger partial charge on any atom is -0.497 e. The van der Waals surface area contributed by atoms with Gasteiger partial charge in [-0.2, -0.15) is 0 Å². The predicted octanol–water partition coefficient (Wildman–Crippen LogP) is 2.07. The van der Waals surface area contributed by atoms with Gasteiger partial charge >= 0.3 is 0 Å². The third kappa shape index (κ3) is 5.71. The van der Waals surface area contributed by atoms with E-state index in [9.17, 15) is 13.2 Å². The predicted molar refractivity (Wildman–Crippen MR) is 107 cm³/mol. The van der Waals surface area contributed by atoms with Gasteiger partial charge in [-0.25, -0.2) is 8.42 Å². The Morgan fingerprint density at radius 3 is 2.63 bits per heavy atom. The average molecular weight is 433 g/mol. The molecule has 0 saturated carbocycles. The van der Waals surface area contributed by atoms with Crippen LogP contribution in [0.5, 0.6) is 11.5 Å². The lowest BCUT2D eigenvalue weighted by atomic mass is 10.2. The molecule has 0 radical (unpaired) electrons. The Morgan fingerprint density at radius 1 is 1.30 bits per heavy atom. The van der Waals surface area contributed by atoms with Gasteiger partial charge in [0, 0.05) is 6.07 Å². The highest BCUT2D eigenvalue weighted by atomic mass is 32.2. The first kappa shape index (κ1) is 21.3. The van der Waals surface area contributed by atoms with Crippen molar-refractivity contribution in [2.24, 2.45) is 0 Å². The van der Waals surface area contributed by atoms with Crippen LogP contribution in [0.15, 0.2) is 22.5 Å². The normalized spacial score (nSPS) is 11.1. The number of thioether (sulfide) groups is 1. The Labute approximate surface area is 166 Å². The molecule has 2 rings (SSSR count). The van der Waals surface area contributed by atoms with E-state index in [4.69, 9.17) is 9.47 Å². The Kier molecular flexibility index (Phi) is 7.27. The molecule has 1 heterocycles. The molecule has 0 aliphatic heterocycles. The first-order chi connectivity index (χ1) is 12.8. The molecule has 0 aliphatic rings. The standard InChI is InChI=1S/C15H20N4O5S3/c1-5-25-15-18-17-14(26-15)16-13(20)9-19(27(4,21)22)11-8-10(23-2)6-7-12(11)24-3/h6-8H,5,9H2,1-4H3,(H,16,17,20). The largest absolute Gasteiger partial charge is 0.497 e. The molecule has 0 atom stereocenters. The van der Waals surface area contributed by atoms with Gasteiger partial charge in [-0.15, -0.1) is 10.2 Å². The number of aromatic nitrogens is 2. The zero-order valence-electron chi connectivity index (χ0n) is 15.3. The van der Waals surface area contributed by atoms with Gasteiger partial charge < -0.3 is 9.47 Å². The Balaban J connectivity index is 2.26. The van der Waals surface area contributed by atoms with Crippen molar-refractivity contribution in [3.05, 3.63) is 18.2 Å². The van der Waals surface area contributed by atoms with Crippen molar-refractivity contribution in [3.63, 3.8) is 0 Å². The highest BCUT2D eigenvalue weighted by Crippen LogP contribution is 2.33. The maximum absolute atomic E-state index is 12.4. The number of ether oxygens (including phenoxy) is 2. The van der Waals surface area contributed by atoms with Gasteiger partial charge in [-0.3, -0.25) is 14.4 Å². The van der Waals surface area contributed by atoms with Crippen molar-refractivity contribution in [2.45, 2.75) is 11.3 Å². The topological polar surface area (TPSA) is 111 Å². The third-order valence-corrected chi connectivity index (χ3v) is 6.24. The van der Waals surface area contributed by atoms with Crippen molar-refractivity contribution in [3.8, 4) is 11.5 Å². The number of sulfonamides is 1. The number of anilines is 2. The van der Waals surface area contributed by atoms with E-state index in [1.807, 2.05) is 6.92 Å². The second-order valence-corrected chi connectivity index (χ2v) is 9.56. The van der Waals surface area contributed by atoms with Crippen molar-refractivity contribution >= 4 is 49.8 Å². The molecule has 0 fully saturated rings. The summed E-state index contributed by atoms with van der Waals surface area (Å²) in [5.41, 5.74) is 0.203. The van der Waals surface area contributed by atoms with Crippen LogP contribution in [-0.2, 0) is 14.8 Å². The lowest BCUT2D eigenvalue weighted by Crippen LogP contribution is -2.37. The summed E-state index contributed by atoms with van der Waals surface area (Å²) < 4.78 is 36.7. The first-order valence-electron chi connectivity index (χ1n) is 7.74. The molecule has 148 valence electrons. The summed E-state index contributed by atoms with van der Waals surface area (Å²) in [4.78, 5) is 12.4. The Bertz CT molecular complexity index is 901. The summed E-state index contributed by atoms with van der Waals surface area (Å²) in [6.45, 7) is 1.54. The molecule has 0 bridgehead atoms. The van der Waals surface area contributed by atoms with Gasteiger partial charge in [0.15, 0.2) is 4.34 Å². The van der Waals surface area contributed by atoms with Crippen LogP contribution < -0.4 is 19.1 Å². The van der Waals surface area contributed by atoms with E-state index >= 15 is 0 Å². The van der Waals surface area contributed by atoms with Crippen molar-refractivity contribution in [2.75, 3.05) is 42.4 Å². The number of carbonyl (C=O) groups is 1. The number of methoxy groups -OCH3 is 2. The monoisotopic (exact) mass is 432 g/mol. The molecular formula is C15H20N4O5S3. The maximum atomic E-state index is 12.4. The summed E-state index contributed by atoms with van der Waals surface area (Å²) >= 11 is 2.73. The third-order valence-electron chi connectivity index (χ3n) is 3.26. The van der Waals surface area contributed by atoms with E-state index < -0.39 is 22.5 Å². The van der Waals surface area contributed by atoms with Crippen LogP contribution >= 0.6 is 23.1 Å². The van der Waals surface area contributed by atoms with Crippen molar-refractivity contribution < 1.29 is 22.7 Å². The summed E-state index contributed by atoms with van der Waals surface area (Å²) in [7, 11) is -0.887. The van der Waals surface area contributed by atoms with Gasteiger partial charge in [0.25, 0.3) is 0 Å². The molecule has 0 unspecified atom stereocenters. The molecule has 9 nitrogen and oxygen atoms in total. The minimum atomic E-state index is -3.77. The van der Waals surface area contributed by atoms with Crippen LogP contribution in [-0.4, -0.2) is 57.3 Å². The molecule has 1 aromatic carbocycles. The maximum Gasteiger partial charge on any atom is 0.246 e. The molecule has 0 aliphatic carbocycles. The summed E-state index contributed by atoms with van der Waals surface area (Å²) in [6.07, 6.45) is 1.01. The highest BCUT2D eigenvalue weighted by molar-refractivity contribution is 8.01. The number of hydrogen-bond acceptors (Lipinski definition) is 9. The molecule has 1 aromatic heterocycles. The SMILES string of the molecule is CCSc1nnc(NC(=O)CN(c2cc(OC)ccc2OC)S(C)(=O)=O)s1. The Morgan fingerprint density at radius 2 is 2.04 bits per heavy atom. The van der Waals surface area contributed by atoms with Crippen molar-refractivity contribution in [1.82, 2.24) is 10.2 Å². The molecule has 0 saturated heterocycles. The molecule has 0 spiro atoms. The van der Waals surface area contributed by atoms with Crippen LogP contribution in [0.3, 0.4) is 0 Å². The fourth-order valence-corrected chi connectivity index (χ4v) is 4.62. The van der Waals surface area contributed by atoms with E-state index in [1.165, 1.54) is 43.4 Å². The quantitative estimate of drug-likeness (QED) is 0.474. The van der Waals surface area contributed by atoms with E-state index in [2.05, 4.69) is 15.5 Å². The minimum absolute atomic E-state index is 0.203. The van der Waals surface area contributed by atoms with E-state index in [1.54, 1.807) is 12.1 Å². The fraction of sp³-hybridized carbons (Fsp3) is 0.400. The van der Waals surface area contributed by atoms with Gasteiger partial charge in [-0.1, -0.05) is 30.0 Å². The second-order valence-electron chi connectivity index (χ2n) is 5.16. The average Bonchev–Trinajstić information content (AvgIpc) is 3.05. The number of amides is 1. The fourth-order valence-electron chi connectivity index (χ4n) is 2.10. The van der Waals surface area contributed by atoms with Gasteiger partial charge in [0.05, 0.1) is 26.2 Å². The number of nitrogens with one attached hydrogen (secondary N) is 1. The van der Waals surface area contributed by atoms with Crippen LogP contribution in [0.25, 0.3) is 0 Å². The van der Waals surface area contributed by atoms with E-state index in [0.717, 1.165) is 20.7 Å². The van der Waals surface area contributed by atoms with Gasteiger partial charge in [0.2, 0.25) is 21.1 Å². The lowest BCUT2D eigenvalue weighted by Gasteiger charge is -2.24. The molecule has 1 N–H and O–H groups in total. The number of benzene rings is 1. The molecule has 12 heteroatoms. The summed E-state index contributed by atoms with van der Waals surface area (Å²) in [5, 5.41) is 10.7. The molecule has 1 amide bonds. The number of hydrogen-bond donors (Lipinski definition) is 1. The van der Waals surface area contributed by atoms with E-state index in [-0.39, 0.29) is 5.69 Å². The zero-order valence-corrected chi connectivity index (χ0v) is 17.7. The smallest absolute Gasteiger partial charge is 0.246 e. The van der Waals surface area contributed by atoms with Crippen molar-refractivity contribution in [1.29, 1.82) is 0 Å². The van der Waals surface area contributed by atoms with Crippen LogP contribution in [0.4, 0.5) is 10.8 Å². The molecule has 2 aromatic rings. The van der Waals surface area contributed by atoms with Crippen LogP contribution in [0.1, 0.15) is 6.92 Å². The van der Waals surface area contributed by atoms with Gasteiger partial charge in [0.1, 0.15) is 18.0 Å². The van der Waals surface area contributed by atoms with Crippen LogP contribution in [0.2, 0.25) is 0 Å². The number of carbonyl (C=O) groups excluding carboxylic acids is 1. The number of rotatable bonds is 9. The second kappa shape index (κ2) is 9.24. The lowest BCUT2D eigenvalue weighted by molar-refractivity contribution is -0.114. The zero-order chi connectivity index (χ0) is 20.0. The highest BCUT2D eigenvalue weighted by Gasteiger charge is 2.25. The first-order valence-corrected chi connectivity index (χ1v) is 11.4.